The van der Waals surface area contributed by atoms with Gasteiger partial charge in [0.15, 0.2) is 0 Å². The van der Waals surface area contributed by atoms with E-state index in [1.807, 2.05) is 6.92 Å². The molecule has 2 aromatic rings. The van der Waals surface area contributed by atoms with Gasteiger partial charge in [-0.1, -0.05) is 12.1 Å². The lowest BCUT2D eigenvalue weighted by Gasteiger charge is -2.37. The highest BCUT2D eigenvalue weighted by Gasteiger charge is 2.39. The van der Waals surface area contributed by atoms with E-state index in [2.05, 4.69) is 0 Å². The van der Waals surface area contributed by atoms with Crippen molar-refractivity contribution in [1.29, 1.82) is 0 Å². The first-order chi connectivity index (χ1) is 12.4. The summed E-state index contributed by atoms with van der Waals surface area (Å²) in [4.78, 5) is 11.9. The van der Waals surface area contributed by atoms with Crippen molar-refractivity contribution in [3.8, 4) is 5.75 Å². The minimum atomic E-state index is -3.87. The summed E-state index contributed by atoms with van der Waals surface area (Å²) < 4.78 is 47.3. The normalized spacial score (nSPS) is 18.5. The van der Waals surface area contributed by atoms with Gasteiger partial charge in [0.1, 0.15) is 22.6 Å². The molecule has 0 amide bonds. The first kappa shape index (κ1) is 17.2. The molecule has 1 aliphatic heterocycles. The van der Waals surface area contributed by atoms with Crippen molar-refractivity contribution in [1.82, 2.24) is 8.87 Å². The van der Waals surface area contributed by atoms with Gasteiger partial charge in [-0.3, -0.25) is 4.79 Å². The molecule has 2 aliphatic rings. The molecule has 8 heteroatoms. The maximum absolute atomic E-state index is 13.8. The SMILES string of the molecule is Cc1cc(OC2CN(S(=O)(=O)c3ccccc3F)C2)cc(=O)n1C1CC1. The zero-order valence-electron chi connectivity index (χ0n) is 14.3. The fourth-order valence-electron chi connectivity index (χ4n) is 3.21. The van der Waals surface area contributed by atoms with Crippen molar-refractivity contribution in [3.63, 3.8) is 0 Å². The summed E-state index contributed by atoms with van der Waals surface area (Å²) in [7, 11) is -3.87. The number of halogens is 1. The van der Waals surface area contributed by atoms with Gasteiger partial charge in [-0.05, 0) is 38.0 Å². The molecule has 1 saturated carbocycles. The van der Waals surface area contributed by atoms with Gasteiger partial charge < -0.3 is 9.30 Å². The average molecular weight is 378 g/mol. The number of benzene rings is 1. The molecule has 1 aromatic heterocycles. The molecule has 0 unspecified atom stereocenters. The first-order valence-corrected chi connectivity index (χ1v) is 9.95. The number of hydrogen-bond acceptors (Lipinski definition) is 4. The molecule has 0 radical (unpaired) electrons. The monoisotopic (exact) mass is 378 g/mol. The largest absolute Gasteiger partial charge is 0.487 e. The summed E-state index contributed by atoms with van der Waals surface area (Å²) in [6.07, 6.45) is 1.69. The minimum Gasteiger partial charge on any atom is -0.487 e. The van der Waals surface area contributed by atoms with Crippen LogP contribution in [-0.2, 0) is 10.0 Å². The van der Waals surface area contributed by atoms with Gasteiger partial charge in [-0.2, -0.15) is 4.31 Å². The Bertz CT molecular complexity index is 1010. The van der Waals surface area contributed by atoms with Crippen LogP contribution in [0.2, 0.25) is 0 Å². The third-order valence-electron chi connectivity index (χ3n) is 4.72. The van der Waals surface area contributed by atoms with Crippen molar-refractivity contribution >= 4 is 10.0 Å². The molecule has 1 aliphatic carbocycles. The topological polar surface area (TPSA) is 68.6 Å². The highest BCUT2D eigenvalue weighted by molar-refractivity contribution is 7.89. The van der Waals surface area contributed by atoms with Gasteiger partial charge in [0.2, 0.25) is 10.0 Å². The second kappa shape index (κ2) is 6.21. The van der Waals surface area contributed by atoms with Crippen molar-refractivity contribution < 1.29 is 17.5 Å². The lowest BCUT2D eigenvalue weighted by atomic mass is 10.2. The van der Waals surface area contributed by atoms with Crippen molar-refractivity contribution in [2.45, 2.75) is 36.8 Å². The van der Waals surface area contributed by atoms with Crippen LogP contribution in [0.1, 0.15) is 24.6 Å². The predicted octanol–water partition coefficient (Wildman–Crippen LogP) is 2.08. The lowest BCUT2D eigenvalue weighted by Crippen LogP contribution is -2.56. The summed E-state index contributed by atoms with van der Waals surface area (Å²) in [6, 6.07) is 8.84. The molecule has 4 rings (SSSR count). The standard InChI is InChI=1S/C18H19FN2O4S/c1-12-8-14(9-18(22)21(12)13-6-7-13)25-15-10-20(11-15)26(23,24)17-5-3-2-4-16(17)19/h2-5,8-9,13,15H,6-7,10-11H2,1H3. The smallest absolute Gasteiger partial charge is 0.254 e. The minimum absolute atomic E-state index is 0.0994. The Morgan fingerprint density at radius 1 is 1.15 bits per heavy atom. The van der Waals surface area contributed by atoms with Crippen LogP contribution in [0, 0.1) is 12.7 Å². The highest BCUT2D eigenvalue weighted by atomic mass is 32.2. The summed E-state index contributed by atoms with van der Waals surface area (Å²) in [5.74, 6) is -0.325. The van der Waals surface area contributed by atoms with Gasteiger partial charge in [0.05, 0.1) is 13.1 Å². The van der Waals surface area contributed by atoms with Crippen LogP contribution in [-0.4, -0.2) is 36.5 Å². The summed E-state index contributed by atoms with van der Waals surface area (Å²) in [5, 5.41) is 0. The molecule has 2 heterocycles. The van der Waals surface area contributed by atoms with Crippen LogP contribution in [0.25, 0.3) is 0 Å². The number of aryl methyl sites for hydroxylation is 1. The van der Waals surface area contributed by atoms with Gasteiger partial charge in [0, 0.05) is 17.8 Å². The Balaban J connectivity index is 1.44. The summed E-state index contributed by atoms with van der Waals surface area (Å²) in [6.45, 7) is 2.12. The van der Waals surface area contributed by atoms with E-state index in [1.54, 1.807) is 10.6 Å². The van der Waals surface area contributed by atoms with Gasteiger partial charge in [0.25, 0.3) is 5.56 Å². The summed E-state index contributed by atoms with van der Waals surface area (Å²) in [5.41, 5.74) is 0.739. The van der Waals surface area contributed by atoms with Crippen LogP contribution in [0.4, 0.5) is 4.39 Å². The number of hydrogen-bond donors (Lipinski definition) is 0. The van der Waals surface area contributed by atoms with E-state index in [9.17, 15) is 17.6 Å². The molecule has 138 valence electrons. The maximum Gasteiger partial charge on any atom is 0.254 e. The van der Waals surface area contributed by atoms with E-state index in [0.717, 1.165) is 24.6 Å². The van der Waals surface area contributed by atoms with E-state index in [0.29, 0.717) is 11.8 Å². The van der Waals surface area contributed by atoms with Gasteiger partial charge in [-0.15, -0.1) is 0 Å². The third-order valence-corrected chi connectivity index (χ3v) is 6.58. The number of pyridine rings is 1. The molecule has 0 N–H and O–H groups in total. The Labute approximate surface area is 150 Å². The molecule has 0 atom stereocenters. The van der Waals surface area contributed by atoms with Crippen molar-refractivity contribution in [2.24, 2.45) is 0 Å². The number of rotatable bonds is 5. The van der Waals surface area contributed by atoms with E-state index < -0.39 is 15.8 Å². The second-order valence-electron chi connectivity index (χ2n) is 6.76. The molecule has 6 nitrogen and oxygen atoms in total. The molecule has 1 saturated heterocycles. The maximum atomic E-state index is 13.8. The van der Waals surface area contributed by atoms with Crippen LogP contribution >= 0.6 is 0 Å². The van der Waals surface area contributed by atoms with Crippen molar-refractivity contribution in [2.75, 3.05) is 13.1 Å². The number of ether oxygens (including phenoxy) is 1. The summed E-state index contributed by atoms with van der Waals surface area (Å²) >= 11 is 0. The molecule has 26 heavy (non-hydrogen) atoms. The average Bonchev–Trinajstić information content (AvgIpc) is 3.34. The number of aromatic nitrogens is 1. The molecular weight excluding hydrogens is 359 g/mol. The third kappa shape index (κ3) is 3.03. The van der Waals surface area contributed by atoms with Crippen LogP contribution in [0.5, 0.6) is 5.75 Å². The Morgan fingerprint density at radius 2 is 1.85 bits per heavy atom. The lowest BCUT2D eigenvalue weighted by molar-refractivity contribution is 0.0757. The van der Waals surface area contributed by atoms with Crippen LogP contribution in [0.3, 0.4) is 0 Å². The number of sulfonamides is 1. The molecule has 1 aromatic carbocycles. The molecular formula is C18H19FN2O4S. The molecule has 0 spiro atoms. The van der Waals surface area contributed by atoms with Crippen LogP contribution in [0.15, 0.2) is 46.1 Å². The molecule has 0 bridgehead atoms. The Morgan fingerprint density at radius 3 is 2.46 bits per heavy atom. The zero-order chi connectivity index (χ0) is 18.5. The quantitative estimate of drug-likeness (QED) is 0.799. The van der Waals surface area contributed by atoms with E-state index >= 15 is 0 Å². The van der Waals surface area contributed by atoms with Gasteiger partial charge in [-0.25, -0.2) is 12.8 Å². The van der Waals surface area contributed by atoms with Crippen molar-refractivity contribution in [3.05, 3.63) is 58.3 Å². The fraction of sp³-hybridized carbons (Fsp3) is 0.389. The predicted molar refractivity (Wildman–Crippen MR) is 93.3 cm³/mol. The fourth-order valence-corrected chi connectivity index (χ4v) is 4.78. The first-order valence-electron chi connectivity index (χ1n) is 8.51. The van der Waals surface area contributed by atoms with E-state index in [1.165, 1.54) is 28.6 Å². The highest BCUT2D eigenvalue weighted by Crippen LogP contribution is 2.35. The second-order valence-corrected chi connectivity index (χ2v) is 8.67. The number of nitrogens with zero attached hydrogens (tertiary/aromatic N) is 2. The Hall–Kier alpha value is -2.19. The van der Waals surface area contributed by atoms with E-state index in [-0.39, 0.29) is 29.6 Å². The Kier molecular flexibility index (Phi) is 4.11. The van der Waals surface area contributed by atoms with Crippen LogP contribution < -0.4 is 10.3 Å². The molecule has 2 fully saturated rings. The van der Waals surface area contributed by atoms with E-state index in [4.69, 9.17) is 4.74 Å². The zero-order valence-corrected chi connectivity index (χ0v) is 15.1. The van der Waals surface area contributed by atoms with Gasteiger partial charge >= 0.3 is 0 Å².